The molecule has 156 valence electrons. The first-order valence-corrected chi connectivity index (χ1v) is 10.5. The highest BCUT2D eigenvalue weighted by Gasteiger charge is 2.40. The lowest BCUT2D eigenvalue weighted by Gasteiger charge is -2.41. The lowest BCUT2D eigenvalue weighted by atomic mass is 9.73. The number of rotatable bonds is 7. The first-order chi connectivity index (χ1) is 14.6. The number of hydrogen-bond donors (Lipinski definition) is 1. The number of morpholine rings is 1. The van der Waals surface area contributed by atoms with Gasteiger partial charge in [-0.1, -0.05) is 72.8 Å². The summed E-state index contributed by atoms with van der Waals surface area (Å²) >= 11 is 0. The summed E-state index contributed by atoms with van der Waals surface area (Å²) in [6.07, 6.45) is 0.448. The summed E-state index contributed by atoms with van der Waals surface area (Å²) in [5, 5.41) is 12.3. The molecule has 3 aromatic carbocycles. The summed E-state index contributed by atoms with van der Waals surface area (Å²) in [7, 11) is 0. The second-order valence-electron chi connectivity index (χ2n) is 7.97. The van der Waals surface area contributed by atoms with E-state index in [0.717, 1.165) is 29.8 Å². The van der Waals surface area contributed by atoms with Crippen LogP contribution in [0, 0.1) is 5.82 Å². The third-order valence-electron chi connectivity index (χ3n) is 5.98. The maximum Gasteiger partial charge on any atom is 0.123 e. The zero-order valence-electron chi connectivity index (χ0n) is 17.1. The minimum atomic E-state index is -1.19. The fourth-order valence-electron chi connectivity index (χ4n) is 4.33. The van der Waals surface area contributed by atoms with E-state index in [1.165, 1.54) is 12.1 Å². The number of ether oxygens (including phenoxy) is 1. The molecule has 0 unspecified atom stereocenters. The molecule has 4 heteroatoms. The van der Waals surface area contributed by atoms with Crippen molar-refractivity contribution in [1.82, 2.24) is 4.90 Å². The van der Waals surface area contributed by atoms with Crippen molar-refractivity contribution in [2.24, 2.45) is 0 Å². The van der Waals surface area contributed by atoms with Crippen molar-refractivity contribution >= 4 is 0 Å². The van der Waals surface area contributed by atoms with Crippen molar-refractivity contribution < 1.29 is 14.2 Å². The molecular formula is C26H28FNO2. The SMILES string of the molecule is O[C@@](Cc1ccccc1)(c1ccc(F)cc1)[C@@H](CN1CCOCC1)c1ccccc1. The fourth-order valence-corrected chi connectivity index (χ4v) is 4.33. The molecule has 0 amide bonds. The molecule has 0 saturated carbocycles. The van der Waals surface area contributed by atoms with Gasteiger partial charge in [-0.05, 0) is 28.8 Å². The van der Waals surface area contributed by atoms with Crippen molar-refractivity contribution in [2.75, 3.05) is 32.8 Å². The van der Waals surface area contributed by atoms with E-state index in [-0.39, 0.29) is 11.7 Å². The van der Waals surface area contributed by atoms with Gasteiger partial charge in [0.15, 0.2) is 0 Å². The number of hydrogen-bond acceptors (Lipinski definition) is 3. The van der Waals surface area contributed by atoms with E-state index < -0.39 is 5.60 Å². The van der Waals surface area contributed by atoms with Gasteiger partial charge >= 0.3 is 0 Å². The summed E-state index contributed by atoms with van der Waals surface area (Å²) in [4.78, 5) is 2.35. The Labute approximate surface area is 177 Å². The van der Waals surface area contributed by atoms with E-state index in [1.807, 2.05) is 48.5 Å². The highest BCUT2D eigenvalue weighted by atomic mass is 19.1. The Balaban J connectivity index is 1.77. The molecule has 3 aromatic rings. The summed E-state index contributed by atoms with van der Waals surface area (Å²) in [5.74, 6) is -0.479. The Morgan fingerprint density at radius 2 is 1.47 bits per heavy atom. The smallest absolute Gasteiger partial charge is 0.123 e. The molecule has 0 aliphatic carbocycles. The number of aliphatic hydroxyl groups is 1. The minimum Gasteiger partial charge on any atom is -0.384 e. The quantitative estimate of drug-likeness (QED) is 0.634. The van der Waals surface area contributed by atoms with Crippen LogP contribution in [0.25, 0.3) is 0 Å². The Morgan fingerprint density at radius 1 is 0.867 bits per heavy atom. The van der Waals surface area contributed by atoms with Crippen molar-refractivity contribution in [3.63, 3.8) is 0 Å². The third-order valence-corrected chi connectivity index (χ3v) is 5.98. The molecule has 0 radical (unpaired) electrons. The normalized spacial score (nSPS) is 17.9. The average molecular weight is 406 g/mol. The molecule has 1 aliphatic rings. The van der Waals surface area contributed by atoms with Crippen LogP contribution >= 0.6 is 0 Å². The van der Waals surface area contributed by atoms with Gasteiger partial charge in [-0.25, -0.2) is 4.39 Å². The van der Waals surface area contributed by atoms with Crippen LogP contribution in [-0.2, 0) is 16.8 Å². The second kappa shape index (κ2) is 9.52. The summed E-state index contributed by atoms with van der Waals surface area (Å²) < 4.78 is 19.2. The van der Waals surface area contributed by atoms with Gasteiger partial charge in [0.25, 0.3) is 0 Å². The summed E-state index contributed by atoms with van der Waals surface area (Å²) in [6, 6.07) is 26.5. The van der Waals surface area contributed by atoms with Crippen LogP contribution in [0.2, 0.25) is 0 Å². The van der Waals surface area contributed by atoms with Gasteiger partial charge in [0.1, 0.15) is 11.4 Å². The molecule has 1 aliphatic heterocycles. The van der Waals surface area contributed by atoms with Gasteiger partial charge < -0.3 is 9.84 Å². The van der Waals surface area contributed by atoms with Crippen molar-refractivity contribution in [2.45, 2.75) is 17.9 Å². The number of benzene rings is 3. The third kappa shape index (κ3) is 4.78. The van der Waals surface area contributed by atoms with Gasteiger partial charge in [-0.3, -0.25) is 4.90 Å². The predicted octanol–water partition coefficient (Wildman–Crippen LogP) is 4.37. The van der Waals surface area contributed by atoms with E-state index in [2.05, 4.69) is 17.0 Å². The molecule has 0 aromatic heterocycles. The molecule has 4 rings (SSSR count). The zero-order valence-corrected chi connectivity index (χ0v) is 17.1. The second-order valence-corrected chi connectivity index (χ2v) is 7.97. The Bertz CT molecular complexity index is 911. The van der Waals surface area contributed by atoms with Crippen LogP contribution in [-0.4, -0.2) is 42.9 Å². The molecule has 30 heavy (non-hydrogen) atoms. The van der Waals surface area contributed by atoms with Crippen LogP contribution < -0.4 is 0 Å². The monoisotopic (exact) mass is 405 g/mol. The lowest BCUT2D eigenvalue weighted by molar-refractivity contribution is -0.0223. The standard InChI is InChI=1S/C26H28FNO2/c27-24-13-11-23(12-14-24)26(29,19-21-7-3-1-4-8-21)25(22-9-5-2-6-10-22)20-28-15-17-30-18-16-28/h1-14,25,29H,15-20H2/t25-,26-/m0/s1. The number of nitrogens with zero attached hydrogens (tertiary/aromatic N) is 1. The van der Waals surface area contributed by atoms with Crippen LogP contribution in [0.5, 0.6) is 0 Å². The van der Waals surface area contributed by atoms with E-state index in [0.29, 0.717) is 26.2 Å². The molecule has 1 fully saturated rings. The van der Waals surface area contributed by atoms with E-state index in [4.69, 9.17) is 4.74 Å². The molecule has 1 saturated heterocycles. The van der Waals surface area contributed by atoms with Gasteiger partial charge in [0, 0.05) is 32.0 Å². The zero-order chi connectivity index (χ0) is 20.8. The van der Waals surface area contributed by atoms with Crippen molar-refractivity contribution in [3.8, 4) is 0 Å². The first kappa shape index (κ1) is 20.7. The van der Waals surface area contributed by atoms with Crippen molar-refractivity contribution in [3.05, 3.63) is 107 Å². The minimum absolute atomic E-state index is 0.178. The molecule has 1 N–H and O–H groups in total. The van der Waals surface area contributed by atoms with Crippen LogP contribution in [0.3, 0.4) is 0 Å². The van der Waals surface area contributed by atoms with Gasteiger partial charge in [0.2, 0.25) is 0 Å². The van der Waals surface area contributed by atoms with Gasteiger partial charge in [0.05, 0.1) is 13.2 Å². The van der Waals surface area contributed by atoms with Gasteiger partial charge in [-0.15, -0.1) is 0 Å². The van der Waals surface area contributed by atoms with Gasteiger partial charge in [-0.2, -0.15) is 0 Å². The summed E-state index contributed by atoms with van der Waals surface area (Å²) in [6.45, 7) is 3.79. The topological polar surface area (TPSA) is 32.7 Å². The highest BCUT2D eigenvalue weighted by Crippen LogP contribution is 2.40. The fraction of sp³-hybridized carbons (Fsp3) is 0.308. The highest BCUT2D eigenvalue weighted by molar-refractivity contribution is 5.34. The molecule has 0 spiro atoms. The lowest BCUT2D eigenvalue weighted by Crippen LogP contribution is -2.45. The first-order valence-electron chi connectivity index (χ1n) is 10.5. The van der Waals surface area contributed by atoms with Crippen LogP contribution in [0.1, 0.15) is 22.6 Å². The summed E-state index contributed by atoms with van der Waals surface area (Å²) in [5.41, 5.74) is 1.67. The maximum absolute atomic E-state index is 13.7. The average Bonchev–Trinajstić information content (AvgIpc) is 2.80. The Kier molecular flexibility index (Phi) is 6.58. The van der Waals surface area contributed by atoms with Crippen LogP contribution in [0.15, 0.2) is 84.9 Å². The molecule has 1 heterocycles. The van der Waals surface area contributed by atoms with Crippen molar-refractivity contribution in [1.29, 1.82) is 0 Å². The number of halogens is 1. The predicted molar refractivity (Wildman–Crippen MR) is 117 cm³/mol. The van der Waals surface area contributed by atoms with E-state index in [9.17, 15) is 9.50 Å². The molecular weight excluding hydrogens is 377 g/mol. The van der Waals surface area contributed by atoms with E-state index in [1.54, 1.807) is 12.1 Å². The molecule has 3 nitrogen and oxygen atoms in total. The van der Waals surface area contributed by atoms with E-state index >= 15 is 0 Å². The molecule has 0 bridgehead atoms. The largest absolute Gasteiger partial charge is 0.384 e. The molecule has 2 atom stereocenters. The Morgan fingerprint density at radius 3 is 2.10 bits per heavy atom. The Hall–Kier alpha value is -2.53. The van der Waals surface area contributed by atoms with Crippen LogP contribution in [0.4, 0.5) is 4.39 Å². The maximum atomic E-state index is 13.7.